The SMILES string of the molecule is CCOC(=O)Nc1ccccc1CCC(SCC(CC)C(=O)[O-])c1cccc(CCc2ccc3ccc(Cl)cc3n2)c1.[Na+]. The van der Waals surface area contributed by atoms with Crippen molar-refractivity contribution in [3.63, 3.8) is 0 Å². The molecule has 1 N–H and O–H groups in total. The van der Waals surface area contributed by atoms with Crippen molar-refractivity contribution < 1.29 is 49.0 Å². The summed E-state index contributed by atoms with van der Waals surface area (Å²) < 4.78 is 5.06. The van der Waals surface area contributed by atoms with E-state index in [0.717, 1.165) is 52.7 Å². The number of para-hydroxylation sites is 1. The Bertz CT molecular complexity index is 1520. The molecule has 0 aliphatic carbocycles. The van der Waals surface area contributed by atoms with Gasteiger partial charge < -0.3 is 14.6 Å². The first-order valence-electron chi connectivity index (χ1n) is 14.3. The van der Waals surface area contributed by atoms with E-state index >= 15 is 0 Å². The van der Waals surface area contributed by atoms with Crippen molar-refractivity contribution in [3.8, 4) is 0 Å². The van der Waals surface area contributed by atoms with E-state index in [9.17, 15) is 14.7 Å². The summed E-state index contributed by atoms with van der Waals surface area (Å²) >= 11 is 7.82. The number of pyridine rings is 1. The van der Waals surface area contributed by atoms with Gasteiger partial charge in [0.05, 0.1) is 12.1 Å². The summed E-state index contributed by atoms with van der Waals surface area (Å²) in [5.41, 5.74) is 5.97. The van der Waals surface area contributed by atoms with Crippen molar-refractivity contribution >= 4 is 52.0 Å². The fourth-order valence-electron chi connectivity index (χ4n) is 4.85. The van der Waals surface area contributed by atoms with Crippen LogP contribution in [0, 0.1) is 5.92 Å². The molecule has 1 aromatic heterocycles. The zero-order chi connectivity index (χ0) is 29.9. The molecule has 0 fully saturated rings. The van der Waals surface area contributed by atoms with Gasteiger partial charge in [0.2, 0.25) is 0 Å². The van der Waals surface area contributed by atoms with E-state index in [4.69, 9.17) is 21.3 Å². The van der Waals surface area contributed by atoms with Crippen molar-refractivity contribution in [1.82, 2.24) is 4.98 Å². The molecule has 2 atom stereocenters. The number of carboxylic acid groups (broad SMARTS) is 1. The zero-order valence-electron chi connectivity index (χ0n) is 25.0. The van der Waals surface area contributed by atoms with Crippen LogP contribution in [-0.2, 0) is 28.8 Å². The number of nitrogens with one attached hydrogen (secondary N) is 1. The number of halogens is 1. The number of amides is 1. The molecular formula is C34H36ClN2NaO4S. The van der Waals surface area contributed by atoms with Crippen LogP contribution < -0.4 is 40.0 Å². The molecule has 4 aromatic rings. The Morgan fingerprint density at radius 3 is 2.53 bits per heavy atom. The number of anilines is 1. The number of nitrogens with zero attached hydrogens (tertiary/aromatic N) is 1. The summed E-state index contributed by atoms with van der Waals surface area (Å²) in [7, 11) is 0. The van der Waals surface area contributed by atoms with Gasteiger partial charge >= 0.3 is 35.7 Å². The number of ether oxygens (including phenoxy) is 1. The molecule has 6 nitrogen and oxygen atoms in total. The molecular weight excluding hydrogens is 591 g/mol. The minimum absolute atomic E-state index is 0. The van der Waals surface area contributed by atoms with Crippen LogP contribution in [0.4, 0.5) is 10.5 Å². The van der Waals surface area contributed by atoms with Crippen LogP contribution in [0.5, 0.6) is 0 Å². The van der Waals surface area contributed by atoms with Crippen LogP contribution in [0.25, 0.3) is 10.9 Å². The maximum Gasteiger partial charge on any atom is 1.00 e. The molecule has 0 saturated heterocycles. The van der Waals surface area contributed by atoms with E-state index in [0.29, 0.717) is 30.2 Å². The van der Waals surface area contributed by atoms with Crippen molar-refractivity contribution in [3.05, 3.63) is 106 Å². The summed E-state index contributed by atoms with van der Waals surface area (Å²) in [5, 5.41) is 16.3. The van der Waals surface area contributed by atoms with Crippen LogP contribution in [-0.4, -0.2) is 29.4 Å². The van der Waals surface area contributed by atoms with Crippen LogP contribution in [0.15, 0.2) is 78.9 Å². The molecule has 9 heteroatoms. The number of aryl methyl sites for hydroxylation is 3. The van der Waals surface area contributed by atoms with Gasteiger partial charge in [-0.05, 0) is 80.0 Å². The van der Waals surface area contributed by atoms with Gasteiger partial charge in [-0.3, -0.25) is 10.3 Å². The second-order valence-electron chi connectivity index (χ2n) is 10.2. The number of aliphatic carboxylic acids is 1. The number of hydrogen-bond acceptors (Lipinski definition) is 6. The summed E-state index contributed by atoms with van der Waals surface area (Å²) in [4.78, 5) is 28.5. The van der Waals surface area contributed by atoms with Crippen molar-refractivity contribution in [2.24, 2.45) is 5.92 Å². The van der Waals surface area contributed by atoms with E-state index < -0.39 is 18.0 Å². The molecule has 220 valence electrons. The van der Waals surface area contributed by atoms with Gasteiger partial charge in [0.25, 0.3) is 0 Å². The van der Waals surface area contributed by atoms with Gasteiger partial charge in [0.15, 0.2) is 0 Å². The van der Waals surface area contributed by atoms with E-state index in [1.165, 1.54) is 5.56 Å². The van der Waals surface area contributed by atoms with Gasteiger partial charge in [-0.2, -0.15) is 11.8 Å². The Morgan fingerprint density at radius 2 is 1.77 bits per heavy atom. The second kappa shape index (κ2) is 17.7. The molecule has 0 aliphatic rings. The monoisotopic (exact) mass is 626 g/mol. The minimum atomic E-state index is -1.01. The van der Waals surface area contributed by atoms with Crippen molar-refractivity contribution in [2.45, 2.75) is 51.2 Å². The van der Waals surface area contributed by atoms with E-state index in [1.54, 1.807) is 18.7 Å². The molecule has 1 amide bonds. The molecule has 2 unspecified atom stereocenters. The number of carbonyl (C=O) groups is 2. The summed E-state index contributed by atoms with van der Waals surface area (Å²) in [6.45, 7) is 3.94. The third-order valence-corrected chi connectivity index (χ3v) is 8.97. The number of rotatable bonds is 14. The molecule has 43 heavy (non-hydrogen) atoms. The molecule has 0 saturated carbocycles. The number of aromatic nitrogens is 1. The molecule has 0 aliphatic heterocycles. The minimum Gasteiger partial charge on any atom is -0.550 e. The quantitative estimate of drug-likeness (QED) is 0.208. The van der Waals surface area contributed by atoms with E-state index in [1.807, 2.05) is 49.4 Å². The van der Waals surface area contributed by atoms with E-state index in [-0.39, 0.29) is 34.8 Å². The first-order valence-corrected chi connectivity index (χ1v) is 15.8. The van der Waals surface area contributed by atoms with Crippen LogP contribution in [0.2, 0.25) is 5.02 Å². The topological polar surface area (TPSA) is 91.3 Å². The summed E-state index contributed by atoms with van der Waals surface area (Å²) in [5.74, 6) is -1.04. The van der Waals surface area contributed by atoms with E-state index in [2.05, 4.69) is 41.7 Å². The molecule has 0 radical (unpaired) electrons. The molecule has 0 spiro atoms. The second-order valence-corrected chi connectivity index (χ2v) is 11.8. The number of carboxylic acids is 1. The Labute approximate surface area is 285 Å². The maximum absolute atomic E-state index is 12.1. The largest absolute Gasteiger partial charge is 1.00 e. The van der Waals surface area contributed by atoms with Crippen LogP contribution in [0.1, 0.15) is 54.3 Å². The smallest absolute Gasteiger partial charge is 0.550 e. The summed E-state index contributed by atoms with van der Waals surface area (Å²) in [6.07, 6.45) is 3.14. The van der Waals surface area contributed by atoms with Crippen molar-refractivity contribution in [1.29, 1.82) is 0 Å². The van der Waals surface area contributed by atoms with Gasteiger partial charge in [0.1, 0.15) is 0 Å². The maximum atomic E-state index is 12.1. The van der Waals surface area contributed by atoms with Gasteiger partial charge in [-0.25, -0.2) is 4.79 Å². The Hall–Kier alpha value is -2.55. The standard InChI is InChI=1S/C34H37ClN2O4S.Na/c1-3-24(33(38)39)22-42-32(19-15-25-9-5-6-11-30(25)37-34(40)41-4-2)27-10-7-8-23(20-27)12-17-29-18-14-26-13-16-28(35)21-31(26)36-29;/h5-11,13-14,16,18,20-21,24,32H,3-4,12,15,17,19,22H2,1-2H3,(H,37,40)(H,38,39);/q;+1/p-1. The van der Waals surface area contributed by atoms with Gasteiger partial charge in [-0.1, -0.05) is 73.1 Å². The molecule has 1 heterocycles. The fraction of sp³-hybridized carbons (Fsp3) is 0.324. The average molecular weight is 627 g/mol. The average Bonchev–Trinajstić information content (AvgIpc) is 2.98. The third-order valence-electron chi connectivity index (χ3n) is 7.23. The third kappa shape index (κ3) is 10.5. The number of thioether (sulfide) groups is 1. The van der Waals surface area contributed by atoms with Gasteiger partial charge in [-0.15, -0.1) is 0 Å². The fourth-order valence-corrected chi connectivity index (χ4v) is 6.47. The Balaban J connectivity index is 0.00000506. The predicted molar refractivity (Wildman–Crippen MR) is 170 cm³/mol. The molecule has 3 aromatic carbocycles. The number of fused-ring (bicyclic) bond motifs is 1. The number of benzene rings is 3. The van der Waals surface area contributed by atoms with Crippen LogP contribution >= 0.6 is 23.4 Å². The Kier molecular flexibility index (Phi) is 14.4. The number of hydrogen-bond donors (Lipinski definition) is 1. The first kappa shape index (κ1) is 34.9. The Morgan fingerprint density at radius 1 is 0.977 bits per heavy atom. The van der Waals surface area contributed by atoms with Gasteiger partial charge in [0, 0.05) is 44.7 Å². The summed E-state index contributed by atoms with van der Waals surface area (Å²) in [6, 6.07) is 26.1. The number of carbonyl (C=O) groups excluding carboxylic acids is 2. The molecule has 4 rings (SSSR count). The normalized spacial score (nSPS) is 12.3. The predicted octanol–water partition coefficient (Wildman–Crippen LogP) is 4.43. The zero-order valence-corrected chi connectivity index (χ0v) is 28.5. The van der Waals surface area contributed by atoms with Crippen molar-refractivity contribution in [2.75, 3.05) is 17.7 Å². The van der Waals surface area contributed by atoms with Crippen LogP contribution in [0.3, 0.4) is 0 Å². The molecule has 0 bridgehead atoms. The first-order chi connectivity index (χ1) is 20.4.